The highest BCUT2D eigenvalue weighted by Crippen LogP contribution is 2.34. The van der Waals surface area contributed by atoms with Gasteiger partial charge >= 0.3 is 0 Å². The molecule has 2 aromatic carbocycles. The van der Waals surface area contributed by atoms with Crippen molar-refractivity contribution in [3.63, 3.8) is 0 Å². The molecule has 3 heterocycles. The summed E-state index contributed by atoms with van der Waals surface area (Å²) in [5.74, 6) is 0.986. The Balaban J connectivity index is 1.43. The van der Waals surface area contributed by atoms with Crippen LogP contribution in [0.1, 0.15) is 17.0 Å². The fraction of sp³-hybridized carbons (Fsp3) is 0.190. The van der Waals surface area contributed by atoms with Crippen molar-refractivity contribution in [3.8, 4) is 5.75 Å². The van der Waals surface area contributed by atoms with Crippen LogP contribution < -0.4 is 10.3 Å². The van der Waals surface area contributed by atoms with Gasteiger partial charge in [0.1, 0.15) is 5.75 Å². The number of fused-ring (bicyclic) bond motifs is 2. The lowest BCUT2D eigenvalue weighted by Gasteiger charge is -2.07. The van der Waals surface area contributed by atoms with Crippen molar-refractivity contribution >= 4 is 22.5 Å². The molecular formula is C21H18N4O2S. The zero-order chi connectivity index (χ0) is 19.1. The Morgan fingerprint density at radius 2 is 2.04 bits per heavy atom. The monoisotopic (exact) mass is 390 g/mol. The average Bonchev–Trinajstić information content (AvgIpc) is 3.32. The first-order valence-corrected chi connectivity index (χ1v) is 9.92. The van der Waals surface area contributed by atoms with Crippen LogP contribution in [-0.2, 0) is 13.0 Å². The maximum Gasteiger partial charge on any atom is 0.274 e. The Bertz CT molecular complexity index is 1240. The van der Waals surface area contributed by atoms with Crippen LogP contribution in [0.25, 0.3) is 10.8 Å². The smallest absolute Gasteiger partial charge is 0.274 e. The van der Waals surface area contributed by atoms with E-state index in [1.54, 1.807) is 18.0 Å². The number of rotatable bonds is 4. The number of aryl methyl sites for hydroxylation is 1. The van der Waals surface area contributed by atoms with Gasteiger partial charge in [-0.05, 0) is 55.0 Å². The second-order valence-corrected chi connectivity index (χ2v) is 8.02. The second-order valence-electron chi connectivity index (χ2n) is 6.87. The van der Waals surface area contributed by atoms with Gasteiger partial charge in [0.25, 0.3) is 5.56 Å². The van der Waals surface area contributed by atoms with Crippen LogP contribution in [0.5, 0.6) is 5.75 Å². The van der Waals surface area contributed by atoms with Gasteiger partial charge in [0.05, 0.1) is 30.4 Å². The number of benzene rings is 2. The van der Waals surface area contributed by atoms with E-state index >= 15 is 0 Å². The minimum Gasteiger partial charge on any atom is -0.493 e. The molecule has 28 heavy (non-hydrogen) atoms. The normalized spacial score (nSPS) is 12.9. The molecule has 0 fully saturated rings. The average molecular weight is 390 g/mol. The standard InChI is InChI=1S/C21H18N4O2S/c1-13-8-16(24-23-13)12-25-21(26)19-4-2-17(10-15(19)11-22-25)28-18-3-5-20-14(9-18)6-7-27-20/h2-5,8-11H,6-7,12H2,1H3,(H,23,24). The Morgan fingerprint density at radius 3 is 2.89 bits per heavy atom. The van der Waals surface area contributed by atoms with E-state index in [1.807, 2.05) is 37.3 Å². The summed E-state index contributed by atoms with van der Waals surface area (Å²) in [5, 5.41) is 12.9. The van der Waals surface area contributed by atoms with E-state index in [2.05, 4.69) is 27.4 Å². The molecule has 1 N–H and O–H groups in total. The van der Waals surface area contributed by atoms with E-state index in [4.69, 9.17) is 4.74 Å². The van der Waals surface area contributed by atoms with Crippen molar-refractivity contribution in [2.75, 3.05) is 6.61 Å². The minimum absolute atomic E-state index is 0.107. The van der Waals surface area contributed by atoms with Gasteiger partial charge < -0.3 is 4.74 Å². The predicted octanol–water partition coefficient (Wildman–Crippen LogP) is 3.56. The summed E-state index contributed by atoms with van der Waals surface area (Å²) in [5.41, 5.74) is 2.90. The first-order valence-electron chi connectivity index (χ1n) is 9.10. The number of aromatic amines is 1. The highest BCUT2D eigenvalue weighted by Gasteiger charge is 2.13. The van der Waals surface area contributed by atoms with Crippen LogP contribution in [0.3, 0.4) is 0 Å². The molecule has 0 unspecified atom stereocenters. The van der Waals surface area contributed by atoms with E-state index in [1.165, 1.54) is 15.1 Å². The fourth-order valence-electron chi connectivity index (χ4n) is 3.41. The summed E-state index contributed by atoms with van der Waals surface area (Å²) in [6.07, 6.45) is 2.71. The van der Waals surface area contributed by atoms with Crippen LogP contribution in [0.15, 0.2) is 63.2 Å². The lowest BCUT2D eigenvalue weighted by Crippen LogP contribution is -2.23. The predicted molar refractivity (Wildman–Crippen MR) is 108 cm³/mol. The Kier molecular flexibility index (Phi) is 4.16. The SMILES string of the molecule is Cc1cc(Cn2ncc3cc(Sc4ccc5c(c4)CCO5)ccc3c2=O)n[nH]1. The van der Waals surface area contributed by atoms with E-state index < -0.39 is 0 Å². The molecule has 0 bridgehead atoms. The number of ether oxygens (including phenoxy) is 1. The Morgan fingerprint density at radius 1 is 1.18 bits per heavy atom. The van der Waals surface area contributed by atoms with Crippen LogP contribution >= 0.6 is 11.8 Å². The molecule has 4 aromatic rings. The third-order valence-electron chi connectivity index (χ3n) is 4.79. The number of H-pyrrole nitrogens is 1. The number of aromatic nitrogens is 4. The third kappa shape index (κ3) is 3.18. The first kappa shape index (κ1) is 17.1. The third-order valence-corrected chi connectivity index (χ3v) is 5.77. The molecule has 0 amide bonds. The topological polar surface area (TPSA) is 72.8 Å². The summed E-state index contributed by atoms with van der Waals surface area (Å²) < 4.78 is 7.02. The van der Waals surface area contributed by atoms with Crippen LogP contribution in [-0.4, -0.2) is 26.6 Å². The van der Waals surface area contributed by atoms with Crippen molar-refractivity contribution < 1.29 is 4.74 Å². The molecule has 0 aliphatic carbocycles. The number of nitrogens with zero attached hydrogens (tertiary/aromatic N) is 3. The van der Waals surface area contributed by atoms with Gasteiger partial charge in [-0.3, -0.25) is 9.89 Å². The molecule has 5 rings (SSSR count). The molecule has 6 nitrogen and oxygen atoms in total. The molecule has 1 aliphatic rings. The van der Waals surface area contributed by atoms with E-state index in [0.717, 1.165) is 40.4 Å². The highest BCUT2D eigenvalue weighted by atomic mass is 32.2. The maximum atomic E-state index is 12.8. The Labute approximate surface area is 165 Å². The lowest BCUT2D eigenvalue weighted by atomic mass is 10.2. The molecule has 0 radical (unpaired) electrons. The summed E-state index contributed by atoms with van der Waals surface area (Å²) in [4.78, 5) is 15.0. The maximum absolute atomic E-state index is 12.8. The molecular weight excluding hydrogens is 372 g/mol. The van der Waals surface area contributed by atoms with E-state index in [0.29, 0.717) is 11.9 Å². The molecule has 140 valence electrons. The van der Waals surface area contributed by atoms with Crippen molar-refractivity contribution in [2.24, 2.45) is 0 Å². The van der Waals surface area contributed by atoms with Crippen molar-refractivity contribution in [1.29, 1.82) is 0 Å². The lowest BCUT2D eigenvalue weighted by molar-refractivity contribution is 0.357. The molecule has 1 aliphatic heterocycles. The van der Waals surface area contributed by atoms with Crippen LogP contribution in [0.4, 0.5) is 0 Å². The van der Waals surface area contributed by atoms with Crippen molar-refractivity contribution in [2.45, 2.75) is 29.7 Å². The summed E-state index contributed by atoms with van der Waals surface area (Å²) in [6.45, 7) is 3.04. The van der Waals surface area contributed by atoms with Gasteiger partial charge in [0.15, 0.2) is 0 Å². The van der Waals surface area contributed by atoms with Gasteiger partial charge in [0, 0.05) is 27.3 Å². The molecule has 0 saturated heterocycles. The van der Waals surface area contributed by atoms with Crippen LogP contribution in [0.2, 0.25) is 0 Å². The van der Waals surface area contributed by atoms with E-state index in [-0.39, 0.29) is 5.56 Å². The molecule has 2 aromatic heterocycles. The zero-order valence-electron chi connectivity index (χ0n) is 15.3. The first-order chi connectivity index (χ1) is 13.7. The van der Waals surface area contributed by atoms with Gasteiger partial charge in [-0.15, -0.1) is 0 Å². The number of hydrogen-bond donors (Lipinski definition) is 1. The molecule has 0 atom stereocenters. The van der Waals surface area contributed by atoms with Crippen molar-refractivity contribution in [3.05, 3.63) is 76.0 Å². The molecule has 0 saturated carbocycles. The number of nitrogens with one attached hydrogen (secondary N) is 1. The van der Waals surface area contributed by atoms with Gasteiger partial charge in [0.2, 0.25) is 0 Å². The fourth-order valence-corrected chi connectivity index (χ4v) is 4.34. The minimum atomic E-state index is -0.107. The molecule has 0 spiro atoms. The number of hydrogen-bond acceptors (Lipinski definition) is 5. The largest absolute Gasteiger partial charge is 0.493 e. The van der Waals surface area contributed by atoms with E-state index in [9.17, 15) is 4.79 Å². The molecule has 7 heteroatoms. The highest BCUT2D eigenvalue weighted by molar-refractivity contribution is 7.99. The van der Waals surface area contributed by atoms with Gasteiger partial charge in [-0.2, -0.15) is 10.2 Å². The summed E-state index contributed by atoms with van der Waals surface area (Å²) in [7, 11) is 0. The van der Waals surface area contributed by atoms with Crippen LogP contribution in [0, 0.1) is 6.92 Å². The summed E-state index contributed by atoms with van der Waals surface area (Å²) in [6, 6.07) is 14.1. The second kappa shape index (κ2) is 6.83. The summed E-state index contributed by atoms with van der Waals surface area (Å²) >= 11 is 1.68. The van der Waals surface area contributed by atoms with Gasteiger partial charge in [-0.1, -0.05) is 11.8 Å². The quantitative estimate of drug-likeness (QED) is 0.577. The van der Waals surface area contributed by atoms with Crippen molar-refractivity contribution in [1.82, 2.24) is 20.0 Å². The van der Waals surface area contributed by atoms with Gasteiger partial charge in [-0.25, -0.2) is 4.68 Å². The zero-order valence-corrected chi connectivity index (χ0v) is 16.1. The Hall–Kier alpha value is -3.06.